The number of aliphatic hydroxyl groups is 1. The predicted molar refractivity (Wildman–Crippen MR) is 73.2 cm³/mol. The molecule has 2 N–H and O–H groups in total. The quantitative estimate of drug-likeness (QED) is 0.713. The molecule has 1 aliphatic rings. The van der Waals surface area contributed by atoms with E-state index in [0.717, 1.165) is 25.6 Å². The van der Waals surface area contributed by atoms with Gasteiger partial charge in [0.25, 0.3) is 0 Å². The zero-order valence-corrected chi connectivity index (χ0v) is 12.0. The lowest BCUT2D eigenvalue weighted by atomic mass is 9.85. The summed E-state index contributed by atoms with van der Waals surface area (Å²) in [5.41, 5.74) is 0.413. The van der Waals surface area contributed by atoms with Gasteiger partial charge in [-0.25, -0.2) is 0 Å². The van der Waals surface area contributed by atoms with Crippen LogP contribution >= 0.6 is 0 Å². The second kappa shape index (κ2) is 6.72. The van der Waals surface area contributed by atoms with Gasteiger partial charge in [0, 0.05) is 19.1 Å². The highest BCUT2D eigenvalue weighted by Crippen LogP contribution is 2.41. The number of aliphatic hydroxyl groups excluding tert-OH is 1. The van der Waals surface area contributed by atoms with Crippen molar-refractivity contribution >= 4 is 0 Å². The van der Waals surface area contributed by atoms with Crippen molar-refractivity contribution < 1.29 is 5.11 Å². The minimum Gasteiger partial charge on any atom is -0.395 e. The third kappa shape index (κ3) is 3.94. The van der Waals surface area contributed by atoms with Crippen LogP contribution in [0.2, 0.25) is 0 Å². The molecule has 0 aromatic rings. The summed E-state index contributed by atoms with van der Waals surface area (Å²) >= 11 is 0. The van der Waals surface area contributed by atoms with Crippen molar-refractivity contribution in [2.75, 3.05) is 33.3 Å². The first-order valence-corrected chi connectivity index (χ1v) is 7.05. The van der Waals surface area contributed by atoms with Crippen molar-refractivity contribution in [1.82, 2.24) is 10.2 Å². The first-order chi connectivity index (χ1) is 8.05. The Labute approximate surface area is 107 Å². The van der Waals surface area contributed by atoms with Gasteiger partial charge >= 0.3 is 0 Å². The molecule has 3 nitrogen and oxygen atoms in total. The molecule has 0 bridgehead atoms. The van der Waals surface area contributed by atoms with E-state index in [0.29, 0.717) is 11.5 Å². The molecule has 0 spiro atoms. The zero-order chi connectivity index (χ0) is 12.9. The highest BCUT2D eigenvalue weighted by molar-refractivity contribution is 4.96. The van der Waals surface area contributed by atoms with Crippen molar-refractivity contribution in [3.63, 3.8) is 0 Å². The average molecular weight is 242 g/mol. The van der Waals surface area contributed by atoms with Gasteiger partial charge in [0.2, 0.25) is 0 Å². The molecule has 0 heterocycles. The number of nitrogens with one attached hydrogen (secondary N) is 1. The summed E-state index contributed by atoms with van der Waals surface area (Å²) in [6.45, 7) is 10.3. The van der Waals surface area contributed by atoms with E-state index in [-0.39, 0.29) is 6.61 Å². The number of nitrogens with zero attached hydrogens (tertiary/aromatic N) is 1. The van der Waals surface area contributed by atoms with E-state index in [1.165, 1.54) is 19.3 Å². The van der Waals surface area contributed by atoms with Gasteiger partial charge in [-0.1, -0.05) is 20.8 Å². The van der Waals surface area contributed by atoms with Gasteiger partial charge in [0.05, 0.1) is 6.61 Å². The Balaban J connectivity index is 2.54. The molecule has 102 valence electrons. The van der Waals surface area contributed by atoms with Crippen LogP contribution in [0.3, 0.4) is 0 Å². The Hall–Kier alpha value is -0.120. The molecular formula is C14H30N2O. The van der Waals surface area contributed by atoms with Gasteiger partial charge in [-0.05, 0) is 44.2 Å². The van der Waals surface area contributed by atoms with Crippen LogP contribution in [-0.2, 0) is 0 Å². The van der Waals surface area contributed by atoms with Gasteiger partial charge in [-0.15, -0.1) is 0 Å². The lowest BCUT2D eigenvalue weighted by Gasteiger charge is -2.33. The molecule has 2 unspecified atom stereocenters. The van der Waals surface area contributed by atoms with Crippen molar-refractivity contribution in [3.8, 4) is 0 Å². The predicted octanol–water partition coefficient (Wildman–Crippen LogP) is 1.71. The lowest BCUT2D eigenvalue weighted by Crippen LogP contribution is -2.44. The minimum absolute atomic E-state index is 0.278. The molecular weight excluding hydrogens is 212 g/mol. The van der Waals surface area contributed by atoms with E-state index in [1.54, 1.807) is 0 Å². The van der Waals surface area contributed by atoms with Gasteiger partial charge in [-0.3, -0.25) is 0 Å². The van der Waals surface area contributed by atoms with Crippen molar-refractivity contribution in [2.45, 2.75) is 46.1 Å². The summed E-state index contributed by atoms with van der Waals surface area (Å²) in [6, 6.07) is 0.612. The van der Waals surface area contributed by atoms with E-state index in [1.807, 2.05) is 0 Å². The highest BCUT2D eigenvalue weighted by Gasteiger charge is 2.41. The molecule has 2 atom stereocenters. The third-order valence-electron chi connectivity index (χ3n) is 4.23. The van der Waals surface area contributed by atoms with E-state index in [4.69, 9.17) is 5.11 Å². The fourth-order valence-corrected chi connectivity index (χ4v) is 3.42. The van der Waals surface area contributed by atoms with Crippen LogP contribution in [0.4, 0.5) is 0 Å². The molecule has 17 heavy (non-hydrogen) atoms. The Morgan fingerprint density at radius 2 is 2.06 bits per heavy atom. The second-order valence-corrected chi connectivity index (χ2v) is 6.08. The first-order valence-electron chi connectivity index (χ1n) is 7.05. The van der Waals surface area contributed by atoms with Crippen LogP contribution < -0.4 is 5.32 Å². The SMILES string of the molecule is CCCN(CCO)CC1CCC(C)(C)C1NC. The van der Waals surface area contributed by atoms with Crippen LogP contribution in [0, 0.1) is 11.3 Å². The summed E-state index contributed by atoms with van der Waals surface area (Å²) in [7, 11) is 2.08. The summed E-state index contributed by atoms with van der Waals surface area (Å²) in [4.78, 5) is 2.41. The van der Waals surface area contributed by atoms with E-state index in [9.17, 15) is 0 Å². The molecule has 0 amide bonds. The van der Waals surface area contributed by atoms with Crippen LogP contribution in [0.1, 0.15) is 40.0 Å². The zero-order valence-electron chi connectivity index (χ0n) is 12.0. The molecule has 1 fully saturated rings. The molecule has 0 aromatic heterocycles. The first kappa shape index (κ1) is 14.9. The molecule has 1 rings (SSSR count). The summed E-state index contributed by atoms with van der Waals surface area (Å²) in [6.07, 6.45) is 3.78. The van der Waals surface area contributed by atoms with Gasteiger partial charge < -0.3 is 15.3 Å². The maximum absolute atomic E-state index is 9.11. The van der Waals surface area contributed by atoms with Crippen molar-refractivity contribution in [3.05, 3.63) is 0 Å². The number of hydrogen-bond donors (Lipinski definition) is 2. The molecule has 1 saturated carbocycles. The van der Waals surface area contributed by atoms with Crippen LogP contribution in [0.15, 0.2) is 0 Å². The van der Waals surface area contributed by atoms with Crippen molar-refractivity contribution in [2.24, 2.45) is 11.3 Å². The number of rotatable bonds is 7. The fourth-order valence-electron chi connectivity index (χ4n) is 3.42. The van der Waals surface area contributed by atoms with Gasteiger partial charge in [-0.2, -0.15) is 0 Å². The van der Waals surface area contributed by atoms with Crippen LogP contribution in [0.25, 0.3) is 0 Å². The van der Waals surface area contributed by atoms with E-state index < -0.39 is 0 Å². The molecule has 3 heteroatoms. The fraction of sp³-hybridized carbons (Fsp3) is 1.00. The smallest absolute Gasteiger partial charge is 0.0558 e. The van der Waals surface area contributed by atoms with E-state index >= 15 is 0 Å². The average Bonchev–Trinajstić information content (AvgIpc) is 2.54. The Bertz CT molecular complexity index is 212. The monoisotopic (exact) mass is 242 g/mol. The van der Waals surface area contributed by atoms with Gasteiger partial charge in [0.1, 0.15) is 0 Å². The maximum atomic E-state index is 9.11. The molecule has 0 saturated heterocycles. The maximum Gasteiger partial charge on any atom is 0.0558 e. The third-order valence-corrected chi connectivity index (χ3v) is 4.23. The van der Waals surface area contributed by atoms with Crippen molar-refractivity contribution in [1.29, 1.82) is 0 Å². The van der Waals surface area contributed by atoms with Gasteiger partial charge in [0.15, 0.2) is 0 Å². The molecule has 1 aliphatic carbocycles. The summed E-state index contributed by atoms with van der Waals surface area (Å²) in [5.74, 6) is 0.730. The Morgan fingerprint density at radius 3 is 2.59 bits per heavy atom. The Kier molecular flexibility index (Phi) is 5.90. The minimum atomic E-state index is 0.278. The topological polar surface area (TPSA) is 35.5 Å². The lowest BCUT2D eigenvalue weighted by molar-refractivity contribution is 0.156. The molecule has 0 aromatic carbocycles. The van der Waals surface area contributed by atoms with E-state index in [2.05, 4.69) is 38.0 Å². The molecule has 0 radical (unpaired) electrons. The largest absolute Gasteiger partial charge is 0.395 e. The van der Waals surface area contributed by atoms with Crippen LogP contribution in [-0.4, -0.2) is 49.3 Å². The van der Waals surface area contributed by atoms with Crippen LogP contribution in [0.5, 0.6) is 0 Å². The standard InChI is InChI=1S/C14H30N2O/c1-5-8-16(9-10-17)11-12-6-7-14(2,3)13(12)15-4/h12-13,15,17H,5-11H2,1-4H3. The second-order valence-electron chi connectivity index (χ2n) is 6.08. The summed E-state index contributed by atoms with van der Waals surface area (Å²) < 4.78 is 0. The molecule has 0 aliphatic heterocycles. The normalized spacial score (nSPS) is 27.9. The Morgan fingerprint density at radius 1 is 1.35 bits per heavy atom. The highest BCUT2D eigenvalue weighted by atomic mass is 16.3. The number of hydrogen-bond acceptors (Lipinski definition) is 3. The summed E-state index contributed by atoms with van der Waals surface area (Å²) in [5, 5.41) is 12.6.